The number of ether oxygens (including phenoxy) is 1. The number of nitrogens with two attached hydrogens (primary N) is 1. The van der Waals surface area contributed by atoms with Crippen LogP contribution in [0.4, 0.5) is 0 Å². The van der Waals surface area contributed by atoms with Crippen molar-refractivity contribution in [3.63, 3.8) is 0 Å². The summed E-state index contributed by atoms with van der Waals surface area (Å²) in [4.78, 5) is 0. The van der Waals surface area contributed by atoms with Gasteiger partial charge in [0, 0.05) is 12.5 Å². The second kappa shape index (κ2) is 3.56. The van der Waals surface area contributed by atoms with Gasteiger partial charge in [-0.1, -0.05) is 18.6 Å². The molecule has 0 saturated heterocycles. The quantitative estimate of drug-likeness (QED) is 0.580. The number of fused-ring (bicyclic) bond motifs is 1. The molecule has 0 spiro atoms. The zero-order valence-corrected chi connectivity index (χ0v) is 10.8. The summed E-state index contributed by atoms with van der Waals surface area (Å²) in [6.45, 7) is 2.95. The van der Waals surface area contributed by atoms with E-state index in [2.05, 4.69) is 13.0 Å². The lowest BCUT2D eigenvalue weighted by Gasteiger charge is -2.49. The van der Waals surface area contributed by atoms with Crippen molar-refractivity contribution >= 4 is 0 Å². The minimum Gasteiger partial charge on any atom is -0.367 e. The number of allylic oxidation sites excluding steroid dienone is 1. The van der Waals surface area contributed by atoms with Crippen LogP contribution in [-0.4, -0.2) is 25.1 Å². The smallest absolute Gasteiger partial charge is 0.162 e. The van der Waals surface area contributed by atoms with E-state index in [4.69, 9.17) is 10.5 Å². The van der Waals surface area contributed by atoms with Gasteiger partial charge in [0.15, 0.2) is 6.29 Å². The van der Waals surface area contributed by atoms with Crippen molar-refractivity contribution in [1.82, 2.24) is 0 Å². The predicted molar refractivity (Wildman–Crippen MR) is 66.1 cm³/mol. The summed E-state index contributed by atoms with van der Waals surface area (Å²) in [5.74, 6) is 1.40. The highest BCUT2D eigenvalue weighted by atomic mass is 16.6. The van der Waals surface area contributed by atoms with Gasteiger partial charge in [0.1, 0.15) is 0 Å². The largest absolute Gasteiger partial charge is 0.367 e. The maximum absolute atomic E-state index is 10.1. The molecule has 3 heteroatoms. The van der Waals surface area contributed by atoms with Gasteiger partial charge in [-0.05, 0) is 49.5 Å². The van der Waals surface area contributed by atoms with Gasteiger partial charge in [0.05, 0.1) is 0 Å². The summed E-state index contributed by atoms with van der Waals surface area (Å²) in [5, 5.41) is 10.1. The molecule has 5 unspecified atom stereocenters. The molecule has 17 heavy (non-hydrogen) atoms. The molecule has 0 aromatic carbocycles. The number of methoxy groups -OCH3 is 1. The molecule has 3 N–H and O–H groups in total. The van der Waals surface area contributed by atoms with Crippen molar-refractivity contribution in [2.24, 2.45) is 28.4 Å². The number of hydrogen-bond donors (Lipinski definition) is 2. The standard InChI is InChI=1S/C14H23NO2/c1-13(12(16)17-2)4-9-3-11-10(6-13)7-14(11,5-9)8-15/h6,9,11-12,16H,3-5,7-8,15H2,1-2H3. The highest BCUT2D eigenvalue weighted by molar-refractivity contribution is 5.32. The minimum absolute atomic E-state index is 0.204. The molecule has 0 aliphatic heterocycles. The Bertz CT molecular complexity index is 367. The van der Waals surface area contributed by atoms with Gasteiger partial charge in [0.25, 0.3) is 0 Å². The van der Waals surface area contributed by atoms with Crippen LogP contribution in [-0.2, 0) is 4.74 Å². The summed E-state index contributed by atoms with van der Waals surface area (Å²) in [6.07, 6.45) is 6.31. The molecule has 3 aliphatic carbocycles. The molecule has 5 atom stereocenters. The Hall–Kier alpha value is -0.380. The fraction of sp³-hybridized carbons (Fsp3) is 0.857. The molecular weight excluding hydrogens is 214 g/mol. The molecule has 96 valence electrons. The Balaban J connectivity index is 1.92. The first kappa shape index (κ1) is 11.7. The van der Waals surface area contributed by atoms with Crippen molar-refractivity contribution in [2.45, 2.75) is 38.9 Å². The van der Waals surface area contributed by atoms with Crippen molar-refractivity contribution in [3.8, 4) is 0 Å². The fourth-order valence-corrected chi connectivity index (χ4v) is 4.67. The number of aliphatic hydroxyl groups excluding tert-OH is 1. The van der Waals surface area contributed by atoms with Gasteiger partial charge < -0.3 is 15.6 Å². The van der Waals surface area contributed by atoms with Crippen LogP contribution in [0, 0.1) is 22.7 Å². The van der Waals surface area contributed by atoms with Gasteiger partial charge in [-0.15, -0.1) is 0 Å². The summed E-state index contributed by atoms with van der Waals surface area (Å²) in [5.41, 5.74) is 7.70. The van der Waals surface area contributed by atoms with Crippen LogP contribution in [0.5, 0.6) is 0 Å². The minimum atomic E-state index is -0.678. The van der Waals surface area contributed by atoms with Crippen LogP contribution >= 0.6 is 0 Å². The fourth-order valence-electron chi connectivity index (χ4n) is 4.67. The summed E-state index contributed by atoms with van der Waals surface area (Å²) in [7, 11) is 1.59. The third-order valence-electron chi connectivity index (χ3n) is 5.44. The first-order valence-electron chi connectivity index (χ1n) is 6.65. The molecule has 2 bridgehead atoms. The lowest BCUT2D eigenvalue weighted by atomic mass is 9.57. The summed E-state index contributed by atoms with van der Waals surface area (Å²) in [6, 6.07) is 0. The van der Waals surface area contributed by atoms with Gasteiger partial charge in [-0.3, -0.25) is 0 Å². The molecule has 3 aliphatic rings. The van der Waals surface area contributed by atoms with Crippen LogP contribution < -0.4 is 5.73 Å². The molecule has 3 rings (SSSR count). The first-order chi connectivity index (χ1) is 8.03. The monoisotopic (exact) mass is 237 g/mol. The number of hydrogen-bond acceptors (Lipinski definition) is 3. The van der Waals surface area contributed by atoms with Gasteiger partial charge >= 0.3 is 0 Å². The Kier molecular flexibility index (Phi) is 2.45. The predicted octanol–water partition coefficient (Wildman–Crippen LogP) is 1.66. The summed E-state index contributed by atoms with van der Waals surface area (Å²) < 4.78 is 5.16. The Morgan fingerprint density at radius 3 is 3.00 bits per heavy atom. The molecule has 2 saturated carbocycles. The van der Waals surface area contributed by atoms with Crippen LogP contribution in [0.1, 0.15) is 32.6 Å². The van der Waals surface area contributed by atoms with E-state index in [0.29, 0.717) is 17.3 Å². The van der Waals surface area contributed by atoms with Gasteiger partial charge in [0.2, 0.25) is 0 Å². The van der Waals surface area contributed by atoms with Crippen LogP contribution in [0.25, 0.3) is 0 Å². The van der Waals surface area contributed by atoms with E-state index in [9.17, 15) is 5.11 Å². The van der Waals surface area contributed by atoms with Crippen molar-refractivity contribution in [2.75, 3.05) is 13.7 Å². The van der Waals surface area contributed by atoms with E-state index in [-0.39, 0.29) is 5.41 Å². The molecule has 0 aromatic heterocycles. The molecule has 0 heterocycles. The molecule has 2 fully saturated rings. The number of rotatable bonds is 3. The highest BCUT2D eigenvalue weighted by Gasteiger charge is 2.58. The third kappa shape index (κ3) is 1.46. The number of aliphatic hydroxyl groups is 1. The molecular formula is C14H23NO2. The van der Waals surface area contributed by atoms with E-state index >= 15 is 0 Å². The first-order valence-corrected chi connectivity index (χ1v) is 6.65. The van der Waals surface area contributed by atoms with E-state index in [1.54, 1.807) is 7.11 Å². The second-order valence-corrected chi connectivity index (χ2v) is 6.62. The van der Waals surface area contributed by atoms with Crippen molar-refractivity contribution < 1.29 is 9.84 Å². The van der Waals surface area contributed by atoms with Crippen molar-refractivity contribution in [1.29, 1.82) is 0 Å². The van der Waals surface area contributed by atoms with Crippen LogP contribution in [0.3, 0.4) is 0 Å². The van der Waals surface area contributed by atoms with Crippen LogP contribution in [0.2, 0.25) is 0 Å². The summed E-state index contributed by atoms with van der Waals surface area (Å²) >= 11 is 0. The van der Waals surface area contributed by atoms with Crippen LogP contribution in [0.15, 0.2) is 11.6 Å². The van der Waals surface area contributed by atoms with E-state index in [1.165, 1.54) is 18.4 Å². The maximum atomic E-state index is 10.1. The average molecular weight is 237 g/mol. The van der Waals surface area contributed by atoms with E-state index in [0.717, 1.165) is 19.4 Å². The normalized spacial score (nSPS) is 49.3. The zero-order chi connectivity index (χ0) is 12.3. The Morgan fingerprint density at radius 1 is 1.59 bits per heavy atom. The Morgan fingerprint density at radius 2 is 2.35 bits per heavy atom. The Labute approximate surface area is 103 Å². The molecule has 0 amide bonds. The van der Waals surface area contributed by atoms with Gasteiger partial charge in [-0.25, -0.2) is 0 Å². The lowest BCUT2D eigenvalue weighted by Crippen LogP contribution is -2.46. The van der Waals surface area contributed by atoms with Gasteiger partial charge in [-0.2, -0.15) is 0 Å². The topological polar surface area (TPSA) is 55.5 Å². The average Bonchev–Trinajstić information content (AvgIpc) is 2.50. The van der Waals surface area contributed by atoms with E-state index in [1.807, 2.05) is 0 Å². The second-order valence-electron chi connectivity index (χ2n) is 6.62. The highest BCUT2D eigenvalue weighted by Crippen LogP contribution is 2.66. The zero-order valence-electron chi connectivity index (χ0n) is 10.8. The molecule has 0 radical (unpaired) electrons. The maximum Gasteiger partial charge on any atom is 0.162 e. The van der Waals surface area contributed by atoms with Crippen molar-refractivity contribution in [3.05, 3.63) is 11.6 Å². The van der Waals surface area contributed by atoms with E-state index < -0.39 is 6.29 Å². The molecule has 0 aromatic rings. The lowest BCUT2D eigenvalue weighted by molar-refractivity contribution is -0.141. The third-order valence-corrected chi connectivity index (χ3v) is 5.44. The SMILES string of the molecule is COC(O)C1(C)C=C2CC3(CN)CC(CC23)C1. The molecule has 3 nitrogen and oxygen atoms in total.